The number of halogens is 3. The maximum absolute atomic E-state index is 14.0. The molecule has 4 nitrogen and oxygen atoms in total. The van der Waals surface area contributed by atoms with Gasteiger partial charge in [0, 0.05) is 31.3 Å². The van der Waals surface area contributed by atoms with Gasteiger partial charge in [-0.05, 0) is 18.2 Å². The molecule has 0 radical (unpaired) electrons. The van der Waals surface area contributed by atoms with E-state index in [1.165, 1.54) is 6.07 Å². The molecule has 0 aromatic heterocycles. The Balaban J connectivity index is 0.00000225. The highest BCUT2D eigenvalue weighted by atomic mass is 35.5. The van der Waals surface area contributed by atoms with Crippen LogP contribution in [0.4, 0.5) is 8.78 Å². The maximum Gasteiger partial charge on any atom is 0.257 e. The van der Waals surface area contributed by atoms with Gasteiger partial charge in [0.25, 0.3) is 5.91 Å². The van der Waals surface area contributed by atoms with E-state index in [1.54, 1.807) is 12.0 Å². The number of benzene rings is 2. The fourth-order valence-electron chi connectivity index (χ4n) is 2.98. The predicted molar refractivity (Wildman–Crippen MR) is 93.2 cm³/mol. The highest BCUT2D eigenvalue weighted by Gasteiger charge is 2.31. The van der Waals surface area contributed by atoms with Crippen molar-refractivity contribution in [2.45, 2.75) is 6.04 Å². The molecule has 1 N–H and O–H groups in total. The van der Waals surface area contributed by atoms with E-state index in [1.807, 2.05) is 24.3 Å². The van der Waals surface area contributed by atoms with Crippen LogP contribution in [-0.4, -0.2) is 37.6 Å². The van der Waals surface area contributed by atoms with Crippen LogP contribution in [0.25, 0.3) is 0 Å². The number of ether oxygens (including phenoxy) is 1. The second-order valence-corrected chi connectivity index (χ2v) is 5.58. The van der Waals surface area contributed by atoms with Gasteiger partial charge in [-0.1, -0.05) is 18.2 Å². The van der Waals surface area contributed by atoms with E-state index in [-0.39, 0.29) is 24.0 Å². The number of rotatable bonds is 3. The van der Waals surface area contributed by atoms with Crippen molar-refractivity contribution in [3.8, 4) is 5.75 Å². The Kier molecular flexibility index (Phi) is 6.33. The number of nitrogens with zero attached hydrogens (tertiary/aromatic N) is 1. The minimum absolute atomic E-state index is 0. The molecule has 1 aliphatic heterocycles. The molecular weight excluding hydrogens is 350 g/mol. The van der Waals surface area contributed by atoms with Gasteiger partial charge in [0.15, 0.2) is 0 Å². The first-order valence-electron chi connectivity index (χ1n) is 7.71. The fourth-order valence-corrected chi connectivity index (χ4v) is 2.98. The van der Waals surface area contributed by atoms with Crippen LogP contribution in [-0.2, 0) is 0 Å². The quantitative estimate of drug-likeness (QED) is 0.904. The smallest absolute Gasteiger partial charge is 0.257 e. The highest BCUT2D eigenvalue weighted by Crippen LogP contribution is 2.31. The van der Waals surface area contributed by atoms with Crippen LogP contribution in [0.1, 0.15) is 22.0 Å². The standard InChI is InChI=1S/C18H18F2N2O2.ClH/c1-24-17-5-3-2-4-14(17)16-11-21-8-9-22(16)18(23)13-7-6-12(19)10-15(13)20;/h2-7,10,16,21H,8-9,11H2,1H3;1H. The van der Waals surface area contributed by atoms with E-state index in [0.29, 0.717) is 25.4 Å². The lowest BCUT2D eigenvalue weighted by atomic mass is 10.0. The van der Waals surface area contributed by atoms with Crippen molar-refractivity contribution in [3.63, 3.8) is 0 Å². The lowest BCUT2D eigenvalue weighted by molar-refractivity contribution is 0.0626. The molecular formula is C18H19ClF2N2O2. The number of methoxy groups -OCH3 is 1. The lowest BCUT2D eigenvalue weighted by Gasteiger charge is -2.37. The van der Waals surface area contributed by atoms with Crippen LogP contribution < -0.4 is 10.1 Å². The number of carbonyl (C=O) groups is 1. The van der Waals surface area contributed by atoms with Crippen LogP contribution in [0, 0.1) is 11.6 Å². The third-order valence-electron chi connectivity index (χ3n) is 4.16. The summed E-state index contributed by atoms with van der Waals surface area (Å²) in [6.45, 7) is 1.58. The van der Waals surface area contributed by atoms with Crippen molar-refractivity contribution >= 4 is 18.3 Å². The first-order valence-corrected chi connectivity index (χ1v) is 7.71. The Morgan fingerprint density at radius 3 is 2.72 bits per heavy atom. The van der Waals surface area contributed by atoms with E-state index in [4.69, 9.17) is 4.74 Å². The van der Waals surface area contributed by atoms with Gasteiger partial charge in [-0.2, -0.15) is 0 Å². The zero-order valence-electron chi connectivity index (χ0n) is 13.7. The summed E-state index contributed by atoms with van der Waals surface area (Å²) in [6, 6.07) is 10.2. The molecule has 2 aromatic carbocycles. The summed E-state index contributed by atoms with van der Waals surface area (Å²) in [5.74, 6) is -1.34. The van der Waals surface area contributed by atoms with Gasteiger partial charge < -0.3 is 15.0 Å². The molecule has 25 heavy (non-hydrogen) atoms. The summed E-state index contributed by atoms with van der Waals surface area (Å²) in [5.41, 5.74) is 0.723. The summed E-state index contributed by atoms with van der Waals surface area (Å²) in [7, 11) is 1.57. The van der Waals surface area contributed by atoms with Gasteiger partial charge in [-0.25, -0.2) is 8.78 Å². The van der Waals surface area contributed by atoms with Gasteiger partial charge in [0.2, 0.25) is 0 Å². The molecule has 3 rings (SSSR count). The van der Waals surface area contributed by atoms with E-state index in [0.717, 1.165) is 17.7 Å². The first-order chi connectivity index (χ1) is 11.6. The van der Waals surface area contributed by atoms with Gasteiger partial charge in [-0.3, -0.25) is 4.79 Å². The Bertz CT molecular complexity index is 758. The second-order valence-electron chi connectivity index (χ2n) is 5.58. The van der Waals surface area contributed by atoms with Crippen LogP contribution in [0.2, 0.25) is 0 Å². The molecule has 1 unspecified atom stereocenters. The Morgan fingerprint density at radius 2 is 2.00 bits per heavy atom. The number of hydrogen-bond acceptors (Lipinski definition) is 3. The van der Waals surface area contributed by atoms with Gasteiger partial charge in [0.05, 0.1) is 18.7 Å². The summed E-state index contributed by atoms with van der Waals surface area (Å²) in [4.78, 5) is 14.4. The second kappa shape index (κ2) is 8.27. The molecule has 0 spiro atoms. The predicted octanol–water partition coefficient (Wildman–Crippen LogP) is 3.18. The molecule has 1 aliphatic rings. The van der Waals surface area contributed by atoms with E-state index in [9.17, 15) is 13.6 Å². The topological polar surface area (TPSA) is 41.6 Å². The number of carbonyl (C=O) groups excluding carboxylic acids is 1. The molecule has 0 bridgehead atoms. The molecule has 2 aromatic rings. The molecule has 134 valence electrons. The van der Waals surface area contributed by atoms with Crippen LogP contribution in [0.5, 0.6) is 5.75 Å². The Morgan fingerprint density at radius 1 is 1.24 bits per heavy atom. The first kappa shape index (κ1) is 19.1. The van der Waals surface area contributed by atoms with Crippen molar-refractivity contribution < 1.29 is 18.3 Å². The minimum Gasteiger partial charge on any atom is -0.496 e. The summed E-state index contributed by atoms with van der Waals surface area (Å²) in [5, 5.41) is 3.24. The van der Waals surface area contributed by atoms with E-state index >= 15 is 0 Å². The monoisotopic (exact) mass is 368 g/mol. The third kappa shape index (κ3) is 3.91. The third-order valence-corrected chi connectivity index (χ3v) is 4.16. The van der Waals surface area contributed by atoms with Crippen molar-refractivity contribution in [1.82, 2.24) is 10.2 Å². The minimum atomic E-state index is -0.850. The molecule has 0 aliphatic carbocycles. The number of hydrogen-bond donors (Lipinski definition) is 1. The number of nitrogens with one attached hydrogen (secondary N) is 1. The normalized spacial score (nSPS) is 16.9. The van der Waals surface area contributed by atoms with Gasteiger partial charge >= 0.3 is 0 Å². The van der Waals surface area contributed by atoms with E-state index in [2.05, 4.69) is 5.32 Å². The highest BCUT2D eigenvalue weighted by molar-refractivity contribution is 5.95. The fraction of sp³-hybridized carbons (Fsp3) is 0.278. The largest absolute Gasteiger partial charge is 0.496 e. The zero-order chi connectivity index (χ0) is 17.1. The average molecular weight is 369 g/mol. The van der Waals surface area contributed by atoms with Gasteiger partial charge in [0.1, 0.15) is 17.4 Å². The number of amides is 1. The molecule has 1 fully saturated rings. The summed E-state index contributed by atoms with van der Waals surface area (Å²) >= 11 is 0. The lowest BCUT2D eigenvalue weighted by Crippen LogP contribution is -2.49. The summed E-state index contributed by atoms with van der Waals surface area (Å²) in [6.07, 6.45) is 0. The molecule has 1 saturated heterocycles. The average Bonchev–Trinajstić information content (AvgIpc) is 2.61. The van der Waals surface area contributed by atoms with Crippen LogP contribution in [0.3, 0.4) is 0 Å². The SMILES string of the molecule is COc1ccccc1C1CNCCN1C(=O)c1ccc(F)cc1F.Cl. The van der Waals surface area contributed by atoms with Crippen molar-refractivity contribution in [2.24, 2.45) is 0 Å². The summed E-state index contributed by atoms with van der Waals surface area (Å²) < 4.78 is 32.5. The van der Waals surface area contributed by atoms with E-state index < -0.39 is 17.5 Å². The van der Waals surface area contributed by atoms with Crippen LogP contribution in [0.15, 0.2) is 42.5 Å². The van der Waals surface area contributed by atoms with Crippen molar-refractivity contribution in [3.05, 3.63) is 65.2 Å². The molecule has 1 amide bonds. The maximum atomic E-state index is 14.0. The number of piperazine rings is 1. The van der Waals surface area contributed by atoms with Crippen molar-refractivity contribution in [1.29, 1.82) is 0 Å². The molecule has 7 heteroatoms. The Labute approximate surface area is 151 Å². The zero-order valence-corrected chi connectivity index (χ0v) is 14.5. The van der Waals surface area contributed by atoms with Crippen molar-refractivity contribution in [2.75, 3.05) is 26.7 Å². The molecule has 0 saturated carbocycles. The Hall–Kier alpha value is -2.18. The van der Waals surface area contributed by atoms with Gasteiger partial charge in [-0.15, -0.1) is 12.4 Å². The van der Waals surface area contributed by atoms with Crippen LogP contribution >= 0.6 is 12.4 Å². The molecule has 1 heterocycles. The number of para-hydroxylation sites is 1. The molecule has 1 atom stereocenters.